The largest absolute Gasteiger partial charge is 0.487 e. The molecule has 0 radical (unpaired) electrons. The van der Waals surface area contributed by atoms with Crippen LogP contribution in [0, 0.1) is 0 Å². The lowest BCUT2D eigenvalue weighted by molar-refractivity contribution is 0.0625. The second-order valence-corrected chi connectivity index (χ2v) is 25.7. The van der Waals surface area contributed by atoms with Gasteiger partial charge in [-0.05, 0) is 106 Å². The number of ether oxygens (including phenoxy) is 2. The first-order valence-electron chi connectivity index (χ1n) is 33.4. The number of carbonyl (C=O) groups is 8. The lowest BCUT2D eigenvalue weighted by atomic mass is 10.1. The summed E-state index contributed by atoms with van der Waals surface area (Å²) in [6.45, 7) is 1.44. The number of hydrogen-bond acceptors (Lipinski definition) is 22. The summed E-state index contributed by atoms with van der Waals surface area (Å²) in [5.41, 5.74) is 10.4. The SMILES string of the molecule is O=C1c2ccccc2C(=O)N1Cc1cn(Cc2cc(Cn3cc(CN4C(=O)c5ccccc5C4=O)nn3)cc(OCc3cn(Cc4ccccc4Cn4cc(COc5cc(Cn6cc(CN7C(=O)c8ccccc8C7=O)nn6)cc(Cn6cc(CN7C(=O)c8ccccc8C7=O)nn6)c5)nn4)nn3)c2)nn1. The molecule has 0 fully saturated rings. The Balaban J connectivity index is 0.556. The molecule has 522 valence electrons. The van der Waals surface area contributed by atoms with Crippen molar-refractivity contribution in [2.75, 3.05) is 0 Å². The van der Waals surface area contributed by atoms with Crippen LogP contribution in [-0.4, -0.2) is 157 Å². The Morgan fingerprint density at radius 3 is 0.689 bits per heavy atom. The Labute approximate surface area is 599 Å². The Morgan fingerprint density at radius 2 is 0.443 bits per heavy atom. The molecule has 0 spiro atoms. The van der Waals surface area contributed by atoms with Crippen LogP contribution in [0.25, 0.3) is 0 Å². The maximum atomic E-state index is 13.2. The van der Waals surface area contributed by atoms with Crippen molar-refractivity contribution in [1.29, 1.82) is 0 Å². The van der Waals surface area contributed by atoms with E-state index in [-0.39, 0.29) is 65.6 Å². The average molecular weight is 1410 g/mol. The van der Waals surface area contributed by atoms with Crippen LogP contribution in [0.1, 0.15) is 150 Å². The zero-order chi connectivity index (χ0) is 72.1. The third-order valence-corrected chi connectivity index (χ3v) is 18.3. The minimum Gasteiger partial charge on any atom is -0.487 e. The van der Waals surface area contributed by atoms with E-state index in [1.807, 2.05) is 60.7 Å². The van der Waals surface area contributed by atoms with Gasteiger partial charge >= 0.3 is 0 Å². The van der Waals surface area contributed by atoms with Gasteiger partial charge < -0.3 is 9.47 Å². The van der Waals surface area contributed by atoms with Crippen LogP contribution in [0.3, 0.4) is 0 Å². The number of fused-ring (bicyclic) bond motifs is 4. The number of rotatable bonds is 26. The molecule has 32 heteroatoms. The minimum absolute atomic E-state index is 0.0412. The molecule has 10 heterocycles. The molecule has 0 unspecified atom stereocenters. The number of aromatic nitrogens is 18. The molecule has 4 aliphatic rings. The first-order chi connectivity index (χ1) is 51.7. The Bertz CT molecular complexity index is 4990. The summed E-state index contributed by atoms with van der Waals surface area (Å²) < 4.78 is 22.7. The average Bonchev–Trinajstić information content (AvgIpc) is 1.65. The number of carbonyl (C=O) groups excluding carboxylic acids is 8. The van der Waals surface area contributed by atoms with Crippen LogP contribution >= 0.6 is 0 Å². The third-order valence-electron chi connectivity index (χ3n) is 18.3. The predicted molar refractivity (Wildman–Crippen MR) is 365 cm³/mol. The molecule has 4 aliphatic heterocycles. The smallest absolute Gasteiger partial charge is 0.261 e. The van der Waals surface area contributed by atoms with E-state index < -0.39 is 47.3 Å². The summed E-state index contributed by atoms with van der Waals surface area (Å²) in [6, 6.07) is 45.9. The first kappa shape index (κ1) is 64.9. The molecular formula is C74H56N22O10. The van der Waals surface area contributed by atoms with E-state index in [4.69, 9.17) is 9.47 Å². The summed E-state index contributed by atoms with van der Waals surface area (Å²) in [5.74, 6) is -2.25. The van der Waals surface area contributed by atoms with Gasteiger partial charge in [-0.25, -0.2) is 28.1 Å². The van der Waals surface area contributed by atoms with Crippen molar-refractivity contribution in [3.8, 4) is 11.5 Å². The quantitative estimate of drug-likeness (QED) is 0.0572. The molecule has 8 amide bonds. The monoisotopic (exact) mass is 1410 g/mol. The lowest BCUT2D eigenvalue weighted by Crippen LogP contribution is -2.29. The normalized spacial score (nSPS) is 13.8. The molecular weight excluding hydrogens is 1360 g/mol. The van der Waals surface area contributed by atoms with Gasteiger partial charge in [-0.15, -0.1) is 30.6 Å². The van der Waals surface area contributed by atoms with Gasteiger partial charge in [-0.1, -0.05) is 116 Å². The Morgan fingerprint density at radius 1 is 0.236 bits per heavy atom. The second-order valence-electron chi connectivity index (χ2n) is 25.7. The van der Waals surface area contributed by atoms with Crippen LogP contribution in [0.5, 0.6) is 11.5 Å². The van der Waals surface area contributed by atoms with Crippen molar-refractivity contribution in [3.05, 3.63) is 307 Å². The zero-order valence-corrected chi connectivity index (χ0v) is 55.9. The third kappa shape index (κ3) is 13.0. The zero-order valence-electron chi connectivity index (χ0n) is 55.9. The van der Waals surface area contributed by atoms with E-state index in [1.54, 1.807) is 162 Å². The summed E-state index contributed by atoms with van der Waals surface area (Å²) >= 11 is 0. The minimum atomic E-state index is -0.403. The fourth-order valence-electron chi connectivity index (χ4n) is 13.4. The topological polar surface area (TPSA) is 352 Å². The number of amides is 8. The highest BCUT2D eigenvalue weighted by Gasteiger charge is 2.39. The molecule has 32 nitrogen and oxygen atoms in total. The highest BCUT2D eigenvalue weighted by Crippen LogP contribution is 2.30. The molecule has 0 bridgehead atoms. The summed E-state index contributed by atoms with van der Waals surface area (Å²) in [7, 11) is 0. The lowest BCUT2D eigenvalue weighted by Gasteiger charge is -2.12. The summed E-state index contributed by atoms with van der Waals surface area (Å²) in [5, 5.41) is 52.4. The summed E-state index contributed by atoms with van der Waals surface area (Å²) in [6.07, 6.45) is 10.3. The maximum Gasteiger partial charge on any atom is 0.261 e. The maximum absolute atomic E-state index is 13.2. The summed E-state index contributed by atoms with van der Waals surface area (Å²) in [4.78, 5) is 110. The van der Waals surface area contributed by atoms with E-state index >= 15 is 0 Å². The number of benzene rings is 7. The van der Waals surface area contributed by atoms with Crippen LogP contribution in [-0.2, 0) is 78.7 Å². The highest BCUT2D eigenvalue weighted by molar-refractivity contribution is 6.23. The Hall–Kier alpha value is -14.5. The standard InChI is InChI=1S/C74H56N22O10/c97-67-59-13-3-4-14-60(59)68(98)93(67)39-51-33-87(81-75-51)27-45-21-46(28-88-34-52(76-82-88)40-94-69(99)61-15-5-6-16-62(61)70(94)100)24-57(23-45)105-43-55-37-91(85-79-55)31-49-11-1-2-12-50(49)32-92-38-56(80-86-92)44-106-58-25-47(29-89-35-53(77-83-89)41-95-71(101)63-17-7-8-18-64(63)72(95)102)22-48(26-58)30-90-36-54(78-84-90)42-96-73(103)65-19-9-10-20-66(65)74(96)104/h1-26,33-38H,27-32,39-44H2. The van der Waals surface area contributed by atoms with Gasteiger partial charge in [0.15, 0.2) is 0 Å². The van der Waals surface area contributed by atoms with Crippen molar-refractivity contribution in [1.82, 2.24) is 110 Å². The fraction of sp³-hybridized carbons (Fsp3) is 0.162. The van der Waals surface area contributed by atoms with E-state index in [1.165, 1.54) is 0 Å². The molecule has 17 rings (SSSR count). The van der Waals surface area contributed by atoms with E-state index in [0.717, 1.165) is 53.0 Å². The van der Waals surface area contributed by atoms with Crippen molar-refractivity contribution in [3.63, 3.8) is 0 Å². The predicted octanol–water partition coefficient (Wildman–Crippen LogP) is 5.87. The molecule has 6 aromatic heterocycles. The van der Waals surface area contributed by atoms with E-state index in [2.05, 4.69) is 61.9 Å². The van der Waals surface area contributed by atoms with Gasteiger partial charge in [-0.3, -0.25) is 58.0 Å². The van der Waals surface area contributed by atoms with Crippen LogP contribution < -0.4 is 9.47 Å². The molecule has 0 N–H and O–H groups in total. The van der Waals surface area contributed by atoms with Crippen molar-refractivity contribution < 1.29 is 47.8 Å². The molecule has 0 aliphatic carbocycles. The number of nitrogens with zero attached hydrogens (tertiary/aromatic N) is 22. The van der Waals surface area contributed by atoms with Gasteiger partial charge in [0.1, 0.15) is 58.9 Å². The first-order valence-corrected chi connectivity index (χ1v) is 33.4. The van der Waals surface area contributed by atoms with E-state index in [0.29, 0.717) is 103 Å². The van der Waals surface area contributed by atoms with Gasteiger partial charge in [0.05, 0.1) is 147 Å². The fourth-order valence-corrected chi connectivity index (χ4v) is 13.4. The van der Waals surface area contributed by atoms with Crippen molar-refractivity contribution >= 4 is 47.3 Å². The van der Waals surface area contributed by atoms with Gasteiger partial charge in [0.25, 0.3) is 47.3 Å². The van der Waals surface area contributed by atoms with Gasteiger partial charge in [-0.2, -0.15) is 0 Å². The van der Waals surface area contributed by atoms with Crippen LogP contribution in [0.4, 0.5) is 0 Å². The molecule has 0 saturated carbocycles. The van der Waals surface area contributed by atoms with Crippen molar-refractivity contribution in [2.24, 2.45) is 0 Å². The molecule has 7 aromatic carbocycles. The molecule has 0 saturated heterocycles. The van der Waals surface area contributed by atoms with Gasteiger partial charge in [0.2, 0.25) is 0 Å². The van der Waals surface area contributed by atoms with Crippen molar-refractivity contribution in [2.45, 2.75) is 78.7 Å². The number of imide groups is 4. The molecule has 13 aromatic rings. The second kappa shape index (κ2) is 27.1. The Kier molecular flexibility index (Phi) is 16.6. The highest BCUT2D eigenvalue weighted by atomic mass is 16.5. The molecule has 106 heavy (non-hydrogen) atoms. The van der Waals surface area contributed by atoms with Crippen LogP contribution in [0.15, 0.2) is 195 Å². The number of hydrogen-bond donors (Lipinski definition) is 0. The van der Waals surface area contributed by atoms with E-state index in [9.17, 15) is 38.4 Å². The molecule has 0 atom stereocenters. The van der Waals surface area contributed by atoms with Crippen LogP contribution in [0.2, 0.25) is 0 Å². The van der Waals surface area contributed by atoms with Gasteiger partial charge in [0, 0.05) is 0 Å².